The number of hydrogen-bond acceptors (Lipinski definition) is 2. The molecule has 0 N–H and O–H groups in total. The normalized spacial score (nSPS) is 25.4. The van der Waals surface area contributed by atoms with Gasteiger partial charge < -0.3 is 9.64 Å². The molecular weight excluding hydrogens is 236 g/mol. The average Bonchev–Trinajstić information content (AvgIpc) is 2.80. The molecule has 0 amide bonds. The van der Waals surface area contributed by atoms with Crippen molar-refractivity contribution < 1.29 is 13.5 Å². The Morgan fingerprint density at radius 3 is 2.33 bits per heavy atom. The van der Waals surface area contributed by atoms with E-state index < -0.39 is 11.3 Å². The van der Waals surface area contributed by atoms with Gasteiger partial charge in [0.05, 0.1) is 18.6 Å². The summed E-state index contributed by atoms with van der Waals surface area (Å²) in [5, 5.41) is 0. The minimum Gasteiger partial charge on any atom is -0.376 e. The van der Waals surface area contributed by atoms with E-state index in [0.717, 1.165) is 5.56 Å². The number of benzene rings is 1. The van der Waals surface area contributed by atoms with Crippen LogP contribution in [0, 0.1) is 5.41 Å². The number of alkyl halides is 2. The van der Waals surface area contributed by atoms with Gasteiger partial charge >= 0.3 is 0 Å². The Hall–Kier alpha value is -1.00. The Morgan fingerprint density at radius 2 is 1.83 bits per heavy atom. The maximum absolute atomic E-state index is 13.4. The lowest BCUT2D eigenvalue weighted by atomic mass is 10.1. The summed E-state index contributed by atoms with van der Waals surface area (Å²) in [7, 11) is 3.63. The predicted octanol–water partition coefficient (Wildman–Crippen LogP) is 2.79. The van der Waals surface area contributed by atoms with E-state index in [9.17, 15) is 8.78 Å². The van der Waals surface area contributed by atoms with Crippen LogP contribution in [0.25, 0.3) is 0 Å². The summed E-state index contributed by atoms with van der Waals surface area (Å²) in [6, 6.07) is 9.62. The average molecular weight is 255 g/mol. The smallest absolute Gasteiger partial charge is 0.258 e. The van der Waals surface area contributed by atoms with Gasteiger partial charge in [-0.2, -0.15) is 0 Å². The van der Waals surface area contributed by atoms with Crippen molar-refractivity contribution in [1.29, 1.82) is 0 Å². The topological polar surface area (TPSA) is 12.5 Å². The van der Waals surface area contributed by atoms with Crippen molar-refractivity contribution in [3.63, 3.8) is 0 Å². The molecule has 0 aromatic heterocycles. The molecule has 100 valence electrons. The van der Waals surface area contributed by atoms with Crippen molar-refractivity contribution in [2.24, 2.45) is 5.41 Å². The SMILES string of the molecule is CN(C)CC1(COCc2ccccc2)CC1(F)F. The van der Waals surface area contributed by atoms with Crippen LogP contribution in [-0.4, -0.2) is 38.1 Å². The first kappa shape index (κ1) is 13.4. The Morgan fingerprint density at radius 1 is 1.22 bits per heavy atom. The maximum Gasteiger partial charge on any atom is 0.258 e. The lowest BCUT2D eigenvalue weighted by Crippen LogP contribution is -2.31. The number of rotatable bonds is 6. The van der Waals surface area contributed by atoms with Crippen molar-refractivity contribution in [3.05, 3.63) is 35.9 Å². The van der Waals surface area contributed by atoms with Crippen LogP contribution in [0.3, 0.4) is 0 Å². The third-order valence-corrected chi connectivity index (χ3v) is 3.32. The van der Waals surface area contributed by atoms with Crippen molar-refractivity contribution in [2.45, 2.75) is 19.0 Å². The molecule has 1 aliphatic rings. The lowest BCUT2D eigenvalue weighted by Gasteiger charge is -2.20. The molecule has 2 nitrogen and oxygen atoms in total. The summed E-state index contributed by atoms with van der Waals surface area (Å²) in [6.07, 6.45) is -0.0625. The van der Waals surface area contributed by atoms with Gasteiger partial charge in [0.25, 0.3) is 5.92 Å². The molecule has 0 bridgehead atoms. The fraction of sp³-hybridized carbons (Fsp3) is 0.571. The highest BCUT2D eigenvalue weighted by Crippen LogP contribution is 2.60. The van der Waals surface area contributed by atoms with Crippen LogP contribution in [0.15, 0.2) is 30.3 Å². The number of nitrogens with zero attached hydrogens (tertiary/aromatic N) is 1. The van der Waals surface area contributed by atoms with E-state index in [-0.39, 0.29) is 13.0 Å². The summed E-state index contributed by atoms with van der Waals surface area (Å²) in [5.41, 5.74) is 0.0344. The maximum atomic E-state index is 13.4. The van der Waals surface area contributed by atoms with E-state index in [4.69, 9.17) is 4.74 Å². The van der Waals surface area contributed by atoms with E-state index in [1.165, 1.54) is 0 Å². The molecule has 1 aromatic carbocycles. The molecule has 1 unspecified atom stereocenters. The molecule has 1 saturated carbocycles. The van der Waals surface area contributed by atoms with E-state index in [2.05, 4.69) is 0 Å². The zero-order chi connectivity index (χ0) is 13.2. The molecule has 18 heavy (non-hydrogen) atoms. The highest BCUT2D eigenvalue weighted by Gasteiger charge is 2.71. The Labute approximate surface area is 107 Å². The summed E-state index contributed by atoms with van der Waals surface area (Å²) in [5.74, 6) is -2.58. The van der Waals surface area contributed by atoms with Gasteiger partial charge in [0.2, 0.25) is 0 Å². The summed E-state index contributed by atoms with van der Waals surface area (Å²) >= 11 is 0. The third kappa shape index (κ3) is 2.87. The van der Waals surface area contributed by atoms with Crippen LogP contribution >= 0.6 is 0 Å². The molecular formula is C14H19F2NO. The highest BCUT2D eigenvalue weighted by molar-refractivity contribution is 5.14. The fourth-order valence-corrected chi connectivity index (χ4v) is 2.30. The van der Waals surface area contributed by atoms with Crippen molar-refractivity contribution in [2.75, 3.05) is 27.2 Å². The zero-order valence-electron chi connectivity index (χ0n) is 10.8. The number of halogens is 2. The first-order chi connectivity index (χ1) is 8.45. The minimum absolute atomic E-state index is 0.0625. The first-order valence-corrected chi connectivity index (χ1v) is 6.09. The molecule has 0 heterocycles. The first-order valence-electron chi connectivity index (χ1n) is 6.09. The fourth-order valence-electron chi connectivity index (χ4n) is 2.30. The van der Waals surface area contributed by atoms with Crippen LogP contribution in [0.5, 0.6) is 0 Å². The molecule has 0 radical (unpaired) electrons. The van der Waals surface area contributed by atoms with Gasteiger partial charge in [-0.25, -0.2) is 8.78 Å². The van der Waals surface area contributed by atoms with E-state index in [1.807, 2.05) is 44.4 Å². The highest BCUT2D eigenvalue weighted by atomic mass is 19.3. The van der Waals surface area contributed by atoms with Crippen LogP contribution in [0.2, 0.25) is 0 Å². The van der Waals surface area contributed by atoms with Crippen LogP contribution < -0.4 is 0 Å². The third-order valence-electron chi connectivity index (χ3n) is 3.32. The molecule has 1 aromatic rings. The van der Waals surface area contributed by atoms with Crippen LogP contribution in [0.1, 0.15) is 12.0 Å². The van der Waals surface area contributed by atoms with Crippen LogP contribution in [0.4, 0.5) is 8.78 Å². The van der Waals surface area contributed by atoms with Gasteiger partial charge in [-0.05, 0) is 19.7 Å². The molecule has 0 spiro atoms. The Bertz CT molecular complexity index is 394. The Balaban J connectivity index is 1.85. The van der Waals surface area contributed by atoms with Crippen LogP contribution in [-0.2, 0) is 11.3 Å². The van der Waals surface area contributed by atoms with E-state index in [1.54, 1.807) is 4.90 Å². The largest absolute Gasteiger partial charge is 0.376 e. The van der Waals surface area contributed by atoms with Gasteiger partial charge in [-0.15, -0.1) is 0 Å². The molecule has 1 atom stereocenters. The second-order valence-corrected chi connectivity index (χ2v) is 5.38. The monoisotopic (exact) mass is 255 g/mol. The summed E-state index contributed by atoms with van der Waals surface area (Å²) in [6.45, 7) is 0.883. The summed E-state index contributed by atoms with van der Waals surface area (Å²) in [4.78, 5) is 1.80. The molecule has 1 aliphatic carbocycles. The lowest BCUT2D eigenvalue weighted by molar-refractivity contribution is -0.00671. The van der Waals surface area contributed by atoms with E-state index >= 15 is 0 Å². The second-order valence-electron chi connectivity index (χ2n) is 5.38. The van der Waals surface area contributed by atoms with Gasteiger partial charge in [-0.3, -0.25) is 0 Å². The predicted molar refractivity (Wildman–Crippen MR) is 66.6 cm³/mol. The Kier molecular flexibility index (Phi) is 3.69. The van der Waals surface area contributed by atoms with Crippen molar-refractivity contribution in [3.8, 4) is 0 Å². The van der Waals surface area contributed by atoms with Crippen molar-refractivity contribution >= 4 is 0 Å². The molecule has 0 saturated heterocycles. The quantitative estimate of drug-likeness (QED) is 0.775. The minimum atomic E-state index is -2.58. The molecule has 1 fully saturated rings. The van der Waals surface area contributed by atoms with E-state index in [0.29, 0.717) is 13.2 Å². The molecule has 0 aliphatic heterocycles. The summed E-state index contributed by atoms with van der Waals surface area (Å²) < 4.78 is 32.3. The zero-order valence-corrected chi connectivity index (χ0v) is 10.8. The standard InChI is InChI=1S/C14H19F2NO/c1-17(2)10-13(9-14(13,15)16)11-18-8-12-6-4-3-5-7-12/h3-7H,8-11H2,1-2H3. The van der Waals surface area contributed by atoms with Gasteiger partial charge in [0.15, 0.2) is 0 Å². The second kappa shape index (κ2) is 4.94. The van der Waals surface area contributed by atoms with Gasteiger partial charge in [0.1, 0.15) is 0 Å². The van der Waals surface area contributed by atoms with Crippen molar-refractivity contribution in [1.82, 2.24) is 4.90 Å². The number of ether oxygens (including phenoxy) is 1. The molecule has 4 heteroatoms. The van der Waals surface area contributed by atoms with Gasteiger partial charge in [0, 0.05) is 13.0 Å². The molecule has 2 rings (SSSR count). The number of hydrogen-bond donors (Lipinski definition) is 0. The van der Waals surface area contributed by atoms with Gasteiger partial charge in [-0.1, -0.05) is 30.3 Å².